The van der Waals surface area contributed by atoms with Crippen LogP contribution in [0.25, 0.3) is 11.3 Å². The average Bonchev–Trinajstić information content (AvgIpc) is 3.18. The summed E-state index contributed by atoms with van der Waals surface area (Å²) in [5.41, 5.74) is 6.89. The molecule has 0 radical (unpaired) electrons. The zero-order chi connectivity index (χ0) is 20.1. The lowest BCUT2D eigenvalue weighted by Gasteiger charge is -2.14. The number of carbonyl (C=O) groups excluding carboxylic acids is 2. The van der Waals surface area contributed by atoms with Crippen molar-refractivity contribution in [2.45, 2.75) is 20.0 Å². The van der Waals surface area contributed by atoms with Crippen LogP contribution in [0.15, 0.2) is 59.1 Å². The molecule has 0 saturated heterocycles. The topological polar surface area (TPSA) is 93.5 Å². The van der Waals surface area contributed by atoms with E-state index in [-0.39, 0.29) is 5.76 Å². The molecule has 8 heteroatoms. The minimum absolute atomic E-state index is 0.0528. The smallest absolute Gasteiger partial charge is 0.308 e. The SMILES string of the molecule is Cc1ccc(-c2cc(C(=O)NNC(=O)C(C)Oc3ccc(F)cc3)on2)cc1. The molecule has 0 aliphatic heterocycles. The molecule has 3 rings (SSSR count). The van der Waals surface area contributed by atoms with Crippen LogP contribution in [0, 0.1) is 12.7 Å². The van der Waals surface area contributed by atoms with E-state index in [4.69, 9.17) is 9.26 Å². The Morgan fingerprint density at radius 3 is 2.43 bits per heavy atom. The molecule has 0 fully saturated rings. The summed E-state index contributed by atoms with van der Waals surface area (Å²) in [6.45, 7) is 3.46. The Kier molecular flexibility index (Phi) is 5.69. The van der Waals surface area contributed by atoms with Crippen LogP contribution in [0.5, 0.6) is 5.75 Å². The highest BCUT2D eigenvalue weighted by Gasteiger charge is 2.18. The predicted molar refractivity (Wildman–Crippen MR) is 98.8 cm³/mol. The molecule has 1 unspecified atom stereocenters. The fourth-order valence-electron chi connectivity index (χ4n) is 2.29. The van der Waals surface area contributed by atoms with Gasteiger partial charge in [-0.1, -0.05) is 35.0 Å². The van der Waals surface area contributed by atoms with Gasteiger partial charge in [0.25, 0.3) is 5.91 Å². The normalized spacial score (nSPS) is 11.5. The van der Waals surface area contributed by atoms with Gasteiger partial charge in [0.15, 0.2) is 6.10 Å². The number of ether oxygens (including phenoxy) is 1. The molecule has 144 valence electrons. The van der Waals surface area contributed by atoms with Crippen LogP contribution in [-0.2, 0) is 4.79 Å². The molecule has 7 nitrogen and oxygen atoms in total. The molecule has 1 heterocycles. The van der Waals surface area contributed by atoms with Gasteiger partial charge in [-0.2, -0.15) is 0 Å². The van der Waals surface area contributed by atoms with Crippen LogP contribution < -0.4 is 15.6 Å². The molecular weight excluding hydrogens is 365 g/mol. The van der Waals surface area contributed by atoms with E-state index in [1.807, 2.05) is 31.2 Å². The molecule has 0 aliphatic carbocycles. The first kappa shape index (κ1) is 19.1. The summed E-state index contributed by atoms with van der Waals surface area (Å²) in [7, 11) is 0. The number of hydrazine groups is 1. The van der Waals surface area contributed by atoms with Crippen molar-refractivity contribution >= 4 is 11.8 Å². The van der Waals surface area contributed by atoms with Gasteiger partial charge in [-0.25, -0.2) is 4.39 Å². The van der Waals surface area contributed by atoms with Crippen molar-refractivity contribution in [3.63, 3.8) is 0 Å². The molecule has 28 heavy (non-hydrogen) atoms. The second-order valence-electron chi connectivity index (χ2n) is 6.10. The number of hydrogen-bond donors (Lipinski definition) is 2. The summed E-state index contributed by atoms with van der Waals surface area (Å²) in [5.74, 6) is -1.38. The molecule has 2 amide bonds. The van der Waals surface area contributed by atoms with Crippen LogP contribution >= 0.6 is 0 Å². The Balaban J connectivity index is 1.54. The lowest BCUT2D eigenvalue weighted by Crippen LogP contribution is -2.47. The van der Waals surface area contributed by atoms with Crippen LogP contribution in [0.4, 0.5) is 4.39 Å². The van der Waals surface area contributed by atoms with E-state index in [0.717, 1.165) is 11.1 Å². The zero-order valence-electron chi connectivity index (χ0n) is 15.2. The Morgan fingerprint density at radius 2 is 1.75 bits per heavy atom. The third kappa shape index (κ3) is 4.73. The Morgan fingerprint density at radius 1 is 1.07 bits per heavy atom. The maximum Gasteiger partial charge on any atom is 0.308 e. The molecule has 0 bridgehead atoms. The van der Waals surface area contributed by atoms with E-state index >= 15 is 0 Å². The number of nitrogens with zero attached hydrogens (tertiary/aromatic N) is 1. The highest BCUT2D eigenvalue weighted by atomic mass is 19.1. The molecule has 0 saturated carbocycles. The van der Waals surface area contributed by atoms with E-state index in [2.05, 4.69) is 16.0 Å². The molecule has 1 aromatic heterocycles. The molecule has 2 aromatic carbocycles. The summed E-state index contributed by atoms with van der Waals surface area (Å²) in [6.07, 6.45) is -0.913. The van der Waals surface area contributed by atoms with E-state index in [9.17, 15) is 14.0 Å². The van der Waals surface area contributed by atoms with Gasteiger partial charge in [0.2, 0.25) is 5.76 Å². The maximum atomic E-state index is 12.9. The van der Waals surface area contributed by atoms with E-state index < -0.39 is 23.7 Å². The largest absolute Gasteiger partial charge is 0.481 e. The number of aryl methyl sites for hydroxylation is 1. The zero-order valence-corrected chi connectivity index (χ0v) is 15.2. The van der Waals surface area contributed by atoms with Crippen LogP contribution in [0.3, 0.4) is 0 Å². The number of carbonyl (C=O) groups is 2. The number of benzene rings is 2. The Labute approximate surface area is 160 Å². The number of hydrogen-bond acceptors (Lipinski definition) is 5. The highest BCUT2D eigenvalue weighted by molar-refractivity contribution is 5.94. The molecule has 0 spiro atoms. The van der Waals surface area contributed by atoms with Crippen molar-refractivity contribution in [1.82, 2.24) is 16.0 Å². The molecule has 0 aliphatic rings. The Hall–Kier alpha value is -3.68. The second kappa shape index (κ2) is 8.34. The lowest BCUT2D eigenvalue weighted by atomic mass is 10.1. The standard InChI is InChI=1S/C20H18FN3O4/c1-12-3-5-14(6-4-12)17-11-18(28-24-17)20(26)23-22-19(25)13(2)27-16-9-7-15(21)8-10-16/h3-11,13H,1-2H3,(H,22,25)(H,23,26). The summed E-state index contributed by atoms with van der Waals surface area (Å²) in [5, 5.41) is 3.86. The number of nitrogens with one attached hydrogen (secondary N) is 2. The Bertz CT molecular complexity index is 968. The first-order chi connectivity index (χ1) is 13.4. The lowest BCUT2D eigenvalue weighted by molar-refractivity contribution is -0.128. The predicted octanol–water partition coefficient (Wildman–Crippen LogP) is 3.02. The van der Waals surface area contributed by atoms with Gasteiger partial charge in [0.05, 0.1) is 0 Å². The number of amides is 2. The monoisotopic (exact) mass is 383 g/mol. The third-order valence-electron chi connectivity index (χ3n) is 3.88. The molecular formula is C20H18FN3O4. The summed E-state index contributed by atoms with van der Waals surface area (Å²) in [4.78, 5) is 24.2. The number of halogens is 1. The second-order valence-corrected chi connectivity index (χ2v) is 6.10. The van der Waals surface area contributed by atoms with Crippen molar-refractivity contribution < 1.29 is 23.2 Å². The van der Waals surface area contributed by atoms with Gasteiger partial charge in [0, 0.05) is 11.6 Å². The molecule has 1 atom stereocenters. The fraction of sp³-hybridized carbons (Fsp3) is 0.150. The number of aromatic nitrogens is 1. The van der Waals surface area contributed by atoms with Crippen LogP contribution in [0.1, 0.15) is 23.0 Å². The van der Waals surface area contributed by atoms with E-state index in [0.29, 0.717) is 11.4 Å². The van der Waals surface area contributed by atoms with Crippen LogP contribution in [0.2, 0.25) is 0 Å². The van der Waals surface area contributed by atoms with Gasteiger partial charge < -0.3 is 9.26 Å². The fourth-order valence-corrected chi connectivity index (χ4v) is 2.29. The van der Waals surface area contributed by atoms with E-state index in [1.165, 1.54) is 37.3 Å². The van der Waals surface area contributed by atoms with Crippen molar-refractivity contribution in [1.29, 1.82) is 0 Å². The summed E-state index contributed by atoms with van der Waals surface area (Å²) in [6, 6.07) is 14.3. The van der Waals surface area contributed by atoms with E-state index in [1.54, 1.807) is 0 Å². The van der Waals surface area contributed by atoms with Crippen molar-refractivity contribution in [3.8, 4) is 17.0 Å². The van der Waals surface area contributed by atoms with Crippen molar-refractivity contribution in [2.75, 3.05) is 0 Å². The third-order valence-corrected chi connectivity index (χ3v) is 3.88. The minimum Gasteiger partial charge on any atom is -0.481 e. The van der Waals surface area contributed by atoms with Crippen molar-refractivity contribution in [3.05, 3.63) is 71.7 Å². The summed E-state index contributed by atoms with van der Waals surface area (Å²) < 4.78 is 23.3. The number of rotatable bonds is 5. The van der Waals surface area contributed by atoms with Gasteiger partial charge in [-0.3, -0.25) is 20.4 Å². The first-order valence-corrected chi connectivity index (χ1v) is 8.48. The van der Waals surface area contributed by atoms with Crippen molar-refractivity contribution in [2.24, 2.45) is 0 Å². The first-order valence-electron chi connectivity index (χ1n) is 8.48. The molecule has 3 aromatic rings. The van der Waals surface area contributed by atoms with Gasteiger partial charge in [-0.15, -0.1) is 0 Å². The quantitative estimate of drug-likeness (QED) is 0.661. The highest BCUT2D eigenvalue weighted by Crippen LogP contribution is 2.19. The van der Waals surface area contributed by atoms with Crippen LogP contribution in [-0.4, -0.2) is 23.1 Å². The average molecular weight is 383 g/mol. The maximum absolute atomic E-state index is 12.9. The van der Waals surface area contributed by atoms with Gasteiger partial charge in [0.1, 0.15) is 17.3 Å². The summed E-state index contributed by atoms with van der Waals surface area (Å²) >= 11 is 0. The minimum atomic E-state index is -0.913. The molecule has 2 N–H and O–H groups in total. The van der Waals surface area contributed by atoms with Gasteiger partial charge >= 0.3 is 5.91 Å². The van der Waals surface area contributed by atoms with Gasteiger partial charge in [-0.05, 0) is 38.1 Å².